The highest BCUT2D eigenvalue weighted by Crippen LogP contribution is 2.08. The van der Waals surface area contributed by atoms with Crippen LogP contribution in [0.25, 0.3) is 0 Å². The number of ether oxygens (including phenoxy) is 1. The molecule has 2 rings (SSSR count). The van der Waals surface area contributed by atoms with Gasteiger partial charge >= 0.3 is 0 Å². The van der Waals surface area contributed by atoms with Crippen LogP contribution in [0.15, 0.2) is 36.7 Å². The van der Waals surface area contributed by atoms with Crippen molar-refractivity contribution in [1.82, 2.24) is 20.5 Å². The lowest BCUT2D eigenvalue weighted by Crippen LogP contribution is -2.23. The fourth-order valence-electron chi connectivity index (χ4n) is 1.53. The van der Waals surface area contributed by atoms with E-state index in [9.17, 15) is 4.79 Å². The second kappa shape index (κ2) is 7.15. The Kier molecular flexibility index (Phi) is 4.92. The van der Waals surface area contributed by atoms with E-state index >= 15 is 0 Å². The molecular weight excluding hydrogens is 244 g/mol. The SMILES string of the molecule is O=C(CCCOc1ccccc1)NCc1ncn[nH]1. The van der Waals surface area contributed by atoms with Gasteiger partial charge in [-0.05, 0) is 18.6 Å². The van der Waals surface area contributed by atoms with E-state index in [1.165, 1.54) is 6.33 Å². The van der Waals surface area contributed by atoms with Gasteiger partial charge in [0.1, 0.15) is 17.9 Å². The predicted octanol–water partition coefficient (Wildman–Crippen LogP) is 1.28. The molecule has 2 N–H and O–H groups in total. The van der Waals surface area contributed by atoms with Crippen LogP contribution in [0.5, 0.6) is 5.75 Å². The van der Waals surface area contributed by atoms with E-state index in [1.807, 2.05) is 30.3 Å². The van der Waals surface area contributed by atoms with Crippen molar-refractivity contribution < 1.29 is 9.53 Å². The van der Waals surface area contributed by atoms with E-state index in [0.717, 1.165) is 5.75 Å². The Labute approximate surface area is 111 Å². The van der Waals surface area contributed by atoms with Gasteiger partial charge in [0.25, 0.3) is 0 Å². The molecule has 6 nitrogen and oxygen atoms in total. The van der Waals surface area contributed by atoms with Gasteiger partial charge < -0.3 is 10.1 Å². The number of aromatic nitrogens is 3. The van der Waals surface area contributed by atoms with Gasteiger partial charge in [0, 0.05) is 6.42 Å². The number of rotatable bonds is 7. The summed E-state index contributed by atoms with van der Waals surface area (Å²) in [6.45, 7) is 0.901. The highest BCUT2D eigenvalue weighted by Gasteiger charge is 2.02. The number of carbonyl (C=O) groups excluding carboxylic acids is 1. The van der Waals surface area contributed by atoms with E-state index in [4.69, 9.17) is 4.74 Å². The van der Waals surface area contributed by atoms with Crippen LogP contribution in [0.3, 0.4) is 0 Å². The third-order valence-electron chi connectivity index (χ3n) is 2.48. The van der Waals surface area contributed by atoms with Crippen molar-refractivity contribution in [1.29, 1.82) is 0 Å². The van der Waals surface area contributed by atoms with Gasteiger partial charge in [0.05, 0.1) is 13.2 Å². The van der Waals surface area contributed by atoms with Gasteiger partial charge in [-0.3, -0.25) is 9.89 Å². The number of nitrogens with one attached hydrogen (secondary N) is 2. The molecular formula is C13H16N4O2. The zero-order valence-corrected chi connectivity index (χ0v) is 10.5. The maximum Gasteiger partial charge on any atom is 0.220 e. The molecule has 0 aliphatic carbocycles. The summed E-state index contributed by atoms with van der Waals surface area (Å²) in [7, 11) is 0. The van der Waals surface area contributed by atoms with Crippen LogP contribution in [-0.2, 0) is 11.3 Å². The minimum atomic E-state index is -0.0203. The molecule has 19 heavy (non-hydrogen) atoms. The molecule has 0 radical (unpaired) electrons. The van der Waals surface area contributed by atoms with Crippen LogP contribution in [0.1, 0.15) is 18.7 Å². The minimum absolute atomic E-state index is 0.0203. The van der Waals surface area contributed by atoms with Crippen molar-refractivity contribution in [2.45, 2.75) is 19.4 Å². The Morgan fingerprint density at radius 1 is 1.32 bits per heavy atom. The summed E-state index contributed by atoms with van der Waals surface area (Å²) in [6.07, 6.45) is 2.52. The first-order valence-electron chi connectivity index (χ1n) is 6.13. The van der Waals surface area contributed by atoms with Crippen LogP contribution in [-0.4, -0.2) is 27.7 Å². The topological polar surface area (TPSA) is 79.9 Å². The van der Waals surface area contributed by atoms with E-state index in [1.54, 1.807) is 0 Å². The number of carbonyl (C=O) groups is 1. The van der Waals surface area contributed by atoms with Crippen LogP contribution >= 0.6 is 0 Å². The summed E-state index contributed by atoms with van der Waals surface area (Å²) in [5.41, 5.74) is 0. The number of hydrogen-bond acceptors (Lipinski definition) is 4. The Hall–Kier alpha value is -2.37. The molecule has 0 fully saturated rings. The number of H-pyrrole nitrogens is 1. The molecule has 0 saturated carbocycles. The van der Waals surface area contributed by atoms with Gasteiger partial charge in [0.15, 0.2) is 0 Å². The Bertz CT molecular complexity index is 485. The molecule has 1 aromatic heterocycles. The predicted molar refractivity (Wildman–Crippen MR) is 69.4 cm³/mol. The molecule has 6 heteroatoms. The van der Waals surface area contributed by atoms with Crippen LogP contribution in [0, 0.1) is 0 Å². The third-order valence-corrected chi connectivity index (χ3v) is 2.48. The van der Waals surface area contributed by atoms with E-state index < -0.39 is 0 Å². The highest BCUT2D eigenvalue weighted by atomic mass is 16.5. The smallest absolute Gasteiger partial charge is 0.220 e. The average molecular weight is 260 g/mol. The summed E-state index contributed by atoms with van der Waals surface area (Å²) < 4.78 is 5.50. The van der Waals surface area contributed by atoms with E-state index in [-0.39, 0.29) is 5.91 Å². The highest BCUT2D eigenvalue weighted by molar-refractivity contribution is 5.75. The lowest BCUT2D eigenvalue weighted by molar-refractivity contribution is -0.121. The standard InChI is InChI=1S/C13H16N4O2/c18-13(14-9-12-15-10-16-17-12)7-4-8-19-11-5-2-1-3-6-11/h1-3,5-6,10H,4,7-9H2,(H,14,18)(H,15,16,17). The van der Waals surface area contributed by atoms with Crippen molar-refractivity contribution in [2.24, 2.45) is 0 Å². The van der Waals surface area contributed by atoms with E-state index in [0.29, 0.717) is 31.8 Å². The molecule has 1 amide bonds. The molecule has 0 unspecified atom stereocenters. The number of amides is 1. The molecule has 2 aromatic rings. The second-order valence-corrected chi connectivity index (χ2v) is 3.97. The lowest BCUT2D eigenvalue weighted by Gasteiger charge is -2.06. The number of para-hydroxylation sites is 1. The Morgan fingerprint density at radius 2 is 2.16 bits per heavy atom. The van der Waals surface area contributed by atoms with Gasteiger partial charge in [-0.15, -0.1) is 0 Å². The fourth-order valence-corrected chi connectivity index (χ4v) is 1.53. The van der Waals surface area contributed by atoms with Crippen molar-refractivity contribution in [2.75, 3.05) is 6.61 Å². The normalized spacial score (nSPS) is 10.1. The number of hydrogen-bond donors (Lipinski definition) is 2. The van der Waals surface area contributed by atoms with Crippen LogP contribution in [0.4, 0.5) is 0 Å². The minimum Gasteiger partial charge on any atom is -0.494 e. The molecule has 0 atom stereocenters. The first kappa shape index (κ1) is 13.1. The monoisotopic (exact) mass is 260 g/mol. The van der Waals surface area contributed by atoms with Gasteiger partial charge in [-0.2, -0.15) is 5.10 Å². The molecule has 0 saturated heterocycles. The maximum absolute atomic E-state index is 11.5. The first-order valence-corrected chi connectivity index (χ1v) is 6.13. The third kappa shape index (κ3) is 4.79. The summed E-state index contributed by atoms with van der Waals surface area (Å²) in [4.78, 5) is 15.4. The van der Waals surface area contributed by atoms with Gasteiger partial charge in [-0.1, -0.05) is 18.2 Å². The molecule has 1 heterocycles. The van der Waals surface area contributed by atoms with Crippen LogP contribution in [0.2, 0.25) is 0 Å². The van der Waals surface area contributed by atoms with Crippen molar-refractivity contribution in [3.63, 3.8) is 0 Å². The van der Waals surface area contributed by atoms with Gasteiger partial charge in [0.2, 0.25) is 5.91 Å². The summed E-state index contributed by atoms with van der Waals surface area (Å²) in [5, 5.41) is 9.14. The molecule has 0 bridgehead atoms. The molecule has 0 spiro atoms. The summed E-state index contributed by atoms with van der Waals surface area (Å²) in [5.74, 6) is 1.45. The first-order chi connectivity index (χ1) is 9.34. The molecule has 1 aromatic carbocycles. The van der Waals surface area contributed by atoms with E-state index in [2.05, 4.69) is 20.5 Å². The number of aromatic amines is 1. The van der Waals surface area contributed by atoms with Gasteiger partial charge in [-0.25, -0.2) is 4.98 Å². The number of benzene rings is 1. The van der Waals surface area contributed by atoms with Crippen molar-refractivity contribution in [3.8, 4) is 5.75 Å². The van der Waals surface area contributed by atoms with Crippen molar-refractivity contribution >= 4 is 5.91 Å². The molecule has 0 aliphatic rings. The number of nitrogens with zero attached hydrogens (tertiary/aromatic N) is 2. The quantitative estimate of drug-likeness (QED) is 0.735. The molecule has 0 aliphatic heterocycles. The van der Waals surface area contributed by atoms with Crippen molar-refractivity contribution in [3.05, 3.63) is 42.5 Å². The average Bonchev–Trinajstić information content (AvgIpc) is 2.96. The largest absolute Gasteiger partial charge is 0.494 e. The Morgan fingerprint density at radius 3 is 2.89 bits per heavy atom. The lowest BCUT2D eigenvalue weighted by atomic mass is 10.3. The maximum atomic E-state index is 11.5. The fraction of sp³-hybridized carbons (Fsp3) is 0.308. The Balaban J connectivity index is 1.57. The molecule has 100 valence electrons. The zero-order valence-electron chi connectivity index (χ0n) is 10.5. The van der Waals surface area contributed by atoms with Crippen LogP contribution < -0.4 is 10.1 Å². The second-order valence-electron chi connectivity index (χ2n) is 3.97. The summed E-state index contributed by atoms with van der Waals surface area (Å²) >= 11 is 0. The zero-order chi connectivity index (χ0) is 13.3. The summed E-state index contributed by atoms with van der Waals surface area (Å²) in [6, 6.07) is 9.55.